The molecule has 0 spiro atoms. The number of amides is 2. The molecule has 11 heteroatoms. The standard InChI is InChI=1S/C24H24FN7O3/c25-18-9-29-22(32(27)7-6-26)20-19(18)17(8-28-20)21(33)24(35)31-12-15-10-30(11-16(15)13-31)23(34)14-4-2-1-3-5-14/h1-9,15-16,28H,10-13,26-27H2/b7-6-. The van der Waals surface area contributed by atoms with Gasteiger partial charge >= 0.3 is 0 Å². The smallest absolute Gasteiger partial charge is 0.295 e. The molecule has 2 fully saturated rings. The van der Waals surface area contributed by atoms with Gasteiger partial charge in [-0.1, -0.05) is 18.2 Å². The molecule has 180 valence electrons. The lowest BCUT2D eigenvalue weighted by Gasteiger charge is -2.21. The van der Waals surface area contributed by atoms with Gasteiger partial charge in [0.2, 0.25) is 0 Å². The van der Waals surface area contributed by atoms with Crippen molar-refractivity contribution in [3.05, 3.63) is 72.1 Å². The lowest BCUT2D eigenvalue weighted by atomic mass is 10.0. The highest BCUT2D eigenvalue weighted by Crippen LogP contribution is 2.33. The lowest BCUT2D eigenvalue weighted by Crippen LogP contribution is -2.38. The average molecular weight is 478 g/mol. The van der Waals surface area contributed by atoms with Crippen molar-refractivity contribution >= 4 is 34.3 Å². The number of benzene rings is 1. The van der Waals surface area contributed by atoms with Crippen molar-refractivity contribution in [2.75, 3.05) is 31.2 Å². The number of nitrogens with one attached hydrogen (secondary N) is 1. The van der Waals surface area contributed by atoms with E-state index in [2.05, 4.69) is 9.97 Å². The maximum Gasteiger partial charge on any atom is 0.295 e. The van der Waals surface area contributed by atoms with Crippen LogP contribution < -0.4 is 16.6 Å². The van der Waals surface area contributed by atoms with Gasteiger partial charge in [-0.2, -0.15) is 0 Å². The van der Waals surface area contributed by atoms with Crippen LogP contribution in [0.15, 0.2) is 55.1 Å². The van der Waals surface area contributed by atoms with E-state index in [4.69, 9.17) is 11.6 Å². The fourth-order valence-electron chi connectivity index (χ4n) is 4.98. The van der Waals surface area contributed by atoms with E-state index in [0.29, 0.717) is 31.7 Å². The Morgan fingerprint density at radius 3 is 2.40 bits per heavy atom. The molecule has 2 saturated heterocycles. The van der Waals surface area contributed by atoms with Crippen LogP contribution in [-0.4, -0.2) is 63.5 Å². The van der Waals surface area contributed by atoms with Crippen LogP contribution >= 0.6 is 0 Å². The number of nitrogens with two attached hydrogens (primary N) is 2. The fourth-order valence-corrected chi connectivity index (χ4v) is 4.98. The number of pyridine rings is 1. The predicted octanol–water partition coefficient (Wildman–Crippen LogP) is 1.23. The van der Waals surface area contributed by atoms with Crippen molar-refractivity contribution < 1.29 is 18.8 Å². The van der Waals surface area contributed by atoms with Crippen molar-refractivity contribution in [1.82, 2.24) is 19.8 Å². The second-order valence-electron chi connectivity index (χ2n) is 8.77. The fraction of sp³-hybridized carbons (Fsp3) is 0.250. The number of halogens is 1. The van der Waals surface area contributed by atoms with Crippen LogP contribution in [0.5, 0.6) is 0 Å². The molecule has 2 aromatic heterocycles. The number of aromatic nitrogens is 2. The third-order valence-corrected chi connectivity index (χ3v) is 6.65. The van der Waals surface area contributed by atoms with E-state index in [1.165, 1.54) is 23.5 Å². The number of Topliss-reactive ketones (excluding diaryl/α,β-unsaturated/α-hetero) is 1. The summed E-state index contributed by atoms with van der Waals surface area (Å²) in [6, 6.07) is 9.06. The Hall–Kier alpha value is -4.25. The van der Waals surface area contributed by atoms with Gasteiger partial charge in [-0.15, -0.1) is 0 Å². The van der Waals surface area contributed by atoms with E-state index in [1.54, 1.807) is 17.0 Å². The number of nitrogens with zero attached hydrogens (tertiary/aromatic N) is 4. The monoisotopic (exact) mass is 477 g/mol. The first-order valence-electron chi connectivity index (χ1n) is 11.1. The van der Waals surface area contributed by atoms with Gasteiger partial charge < -0.3 is 20.5 Å². The maximum absolute atomic E-state index is 14.7. The molecule has 2 aliphatic rings. The number of carbonyl (C=O) groups excluding carboxylic acids is 3. The molecular weight excluding hydrogens is 453 g/mol. The van der Waals surface area contributed by atoms with E-state index >= 15 is 0 Å². The largest absolute Gasteiger partial charge is 0.403 e. The normalized spacial score (nSPS) is 19.5. The molecule has 3 aromatic rings. The van der Waals surface area contributed by atoms with Crippen LogP contribution in [-0.2, 0) is 4.79 Å². The summed E-state index contributed by atoms with van der Waals surface area (Å²) in [4.78, 5) is 49.0. The Kier molecular flexibility index (Phi) is 5.69. The minimum atomic E-state index is -0.817. The van der Waals surface area contributed by atoms with Crippen LogP contribution in [0.3, 0.4) is 0 Å². The number of aromatic amines is 1. The first-order chi connectivity index (χ1) is 16.9. The second-order valence-corrected chi connectivity index (χ2v) is 8.77. The molecule has 0 radical (unpaired) electrons. The van der Waals surface area contributed by atoms with Crippen LogP contribution in [0.2, 0.25) is 0 Å². The summed E-state index contributed by atoms with van der Waals surface area (Å²) in [5.41, 5.74) is 6.07. The molecule has 5 rings (SSSR count). The number of hydrogen-bond donors (Lipinski definition) is 3. The Labute approximate surface area is 199 Å². The number of ketones is 1. The number of rotatable bonds is 5. The molecule has 2 aliphatic heterocycles. The summed E-state index contributed by atoms with van der Waals surface area (Å²) in [6.45, 7) is 1.77. The van der Waals surface area contributed by atoms with Crippen LogP contribution in [0.1, 0.15) is 20.7 Å². The first kappa shape index (κ1) is 22.5. The summed E-state index contributed by atoms with van der Waals surface area (Å²) < 4.78 is 14.7. The van der Waals surface area contributed by atoms with Gasteiger partial charge in [0, 0.05) is 62.2 Å². The number of likely N-dealkylation sites (tertiary alicyclic amines) is 2. The highest BCUT2D eigenvalue weighted by molar-refractivity contribution is 6.45. The van der Waals surface area contributed by atoms with E-state index in [1.807, 2.05) is 18.2 Å². The third kappa shape index (κ3) is 3.89. The Bertz CT molecular complexity index is 1330. The van der Waals surface area contributed by atoms with E-state index in [-0.39, 0.29) is 40.0 Å². The van der Waals surface area contributed by atoms with Gasteiger partial charge in [0.1, 0.15) is 0 Å². The van der Waals surface area contributed by atoms with Crippen molar-refractivity contribution in [2.45, 2.75) is 0 Å². The lowest BCUT2D eigenvalue weighted by molar-refractivity contribution is -0.125. The van der Waals surface area contributed by atoms with Gasteiger partial charge in [-0.3, -0.25) is 19.4 Å². The molecule has 5 N–H and O–H groups in total. The average Bonchev–Trinajstić information content (AvgIpc) is 3.57. The van der Waals surface area contributed by atoms with Crippen LogP contribution in [0.25, 0.3) is 10.9 Å². The van der Waals surface area contributed by atoms with Gasteiger partial charge in [0.05, 0.1) is 22.7 Å². The summed E-state index contributed by atoms with van der Waals surface area (Å²) in [6.07, 6.45) is 4.74. The molecule has 0 saturated carbocycles. The molecule has 1 aromatic carbocycles. The third-order valence-electron chi connectivity index (χ3n) is 6.65. The molecule has 35 heavy (non-hydrogen) atoms. The zero-order chi connectivity index (χ0) is 24.7. The molecule has 4 heterocycles. The van der Waals surface area contributed by atoms with Crippen molar-refractivity contribution in [2.24, 2.45) is 23.4 Å². The number of carbonyl (C=O) groups is 3. The molecule has 0 bridgehead atoms. The summed E-state index contributed by atoms with van der Waals surface area (Å²) in [7, 11) is 0. The van der Waals surface area contributed by atoms with Gasteiger partial charge in [0.15, 0.2) is 11.6 Å². The topological polar surface area (TPSA) is 142 Å². The van der Waals surface area contributed by atoms with Crippen LogP contribution in [0.4, 0.5) is 10.2 Å². The van der Waals surface area contributed by atoms with Crippen molar-refractivity contribution in [1.29, 1.82) is 0 Å². The van der Waals surface area contributed by atoms with E-state index < -0.39 is 17.5 Å². The Balaban J connectivity index is 1.31. The van der Waals surface area contributed by atoms with E-state index in [9.17, 15) is 18.8 Å². The number of H-pyrrole nitrogens is 1. The highest BCUT2D eigenvalue weighted by Gasteiger charge is 2.44. The number of hydrogen-bond acceptors (Lipinski definition) is 7. The minimum absolute atomic E-state index is 0.0361. The number of hydrazine groups is 1. The molecule has 2 unspecified atom stereocenters. The van der Waals surface area contributed by atoms with Crippen molar-refractivity contribution in [3.8, 4) is 0 Å². The molecule has 2 amide bonds. The highest BCUT2D eigenvalue weighted by atomic mass is 19.1. The van der Waals surface area contributed by atoms with Gasteiger partial charge in [-0.05, 0) is 12.1 Å². The quantitative estimate of drug-likeness (QED) is 0.217. The minimum Gasteiger partial charge on any atom is -0.403 e. The van der Waals surface area contributed by atoms with Gasteiger partial charge in [0.25, 0.3) is 17.6 Å². The summed E-state index contributed by atoms with van der Waals surface area (Å²) in [5, 5.41) is 1.02. The van der Waals surface area contributed by atoms with Crippen molar-refractivity contribution in [3.63, 3.8) is 0 Å². The van der Waals surface area contributed by atoms with Gasteiger partial charge in [-0.25, -0.2) is 15.2 Å². The van der Waals surface area contributed by atoms with E-state index in [0.717, 1.165) is 11.2 Å². The maximum atomic E-state index is 14.7. The molecular formula is C24H24FN7O3. The molecule has 2 atom stereocenters. The summed E-state index contributed by atoms with van der Waals surface area (Å²) >= 11 is 0. The van der Waals surface area contributed by atoms with Crippen LogP contribution in [0, 0.1) is 17.7 Å². The number of fused-ring (bicyclic) bond motifs is 2. The zero-order valence-corrected chi connectivity index (χ0v) is 18.7. The molecule has 10 nitrogen and oxygen atoms in total. The predicted molar refractivity (Wildman–Crippen MR) is 126 cm³/mol. The SMILES string of the molecule is N/C=C\N(N)c1ncc(F)c2c(C(=O)C(=O)N3CC4CN(C(=O)c5ccccc5)CC4C3)c[nH]c12. The summed E-state index contributed by atoms with van der Waals surface area (Å²) in [5.74, 6) is 3.88. The Morgan fingerprint density at radius 2 is 1.74 bits per heavy atom. The molecule has 0 aliphatic carbocycles. The second kappa shape index (κ2) is 8.84. The Morgan fingerprint density at radius 1 is 1.09 bits per heavy atom. The number of anilines is 1. The zero-order valence-electron chi connectivity index (χ0n) is 18.7. The first-order valence-corrected chi connectivity index (χ1v) is 11.1.